The van der Waals surface area contributed by atoms with Crippen molar-refractivity contribution in [3.05, 3.63) is 41.5 Å². The number of guanidine groups is 1. The summed E-state index contributed by atoms with van der Waals surface area (Å²) in [5.41, 5.74) is 1.24. The number of imide groups is 1. The molecule has 2 aliphatic carbocycles. The molecule has 9 nitrogen and oxygen atoms in total. The molecule has 1 aliphatic heterocycles. The van der Waals surface area contributed by atoms with Crippen LogP contribution in [0.2, 0.25) is 0 Å². The van der Waals surface area contributed by atoms with Gasteiger partial charge in [0.25, 0.3) is 0 Å². The number of methoxy groups -OCH3 is 2. The Morgan fingerprint density at radius 1 is 1.12 bits per heavy atom. The van der Waals surface area contributed by atoms with E-state index in [-0.39, 0.29) is 59.5 Å². The molecule has 10 heteroatoms. The first-order chi connectivity index (χ1) is 15.5. The Morgan fingerprint density at radius 2 is 1.79 bits per heavy atom. The van der Waals surface area contributed by atoms with Gasteiger partial charge in [0, 0.05) is 26.7 Å². The minimum atomic E-state index is -0.460. The number of likely N-dealkylation sites (tertiary alicyclic amines) is 1. The van der Waals surface area contributed by atoms with E-state index in [0.29, 0.717) is 36.9 Å². The topological polar surface area (TPSA) is 109 Å². The maximum absolute atomic E-state index is 12.8. The number of fused-ring (bicyclic) bond motifs is 5. The minimum Gasteiger partial charge on any atom is -0.496 e. The van der Waals surface area contributed by atoms with Crippen LogP contribution in [0.5, 0.6) is 5.75 Å². The molecule has 1 saturated heterocycles. The Bertz CT molecular complexity index is 965. The molecule has 4 atom stereocenters. The van der Waals surface area contributed by atoms with Crippen molar-refractivity contribution in [2.45, 2.75) is 13.0 Å². The lowest BCUT2D eigenvalue weighted by molar-refractivity contribution is -0.140. The standard InChI is InChI=1S/C23H28N4O5.HI/c1-24-23(26-12-13-4-7-16(22(30)32-3)17(10-13)31-2)25-8-9-27-20(28)18-14-5-6-15(11-14)19(18)21(27)29;/h4-7,10,14-15,18-19H,8-9,11-12H2,1-3H3,(H2,24,25,26);1H. The number of aliphatic imine (C=N–C) groups is 1. The van der Waals surface area contributed by atoms with Gasteiger partial charge in [-0.3, -0.25) is 19.5 Å². The Labute approximate surface area is 210 Å². The van der Waals surface area contributed by atoms with Crippen LogP contribution in [0.4, 0.5) is 0 Å². The van der Waals surface area contributed by atoms with Gasteiger partial charge in [-0.05, 0) is 36.0 Å². The van der Waals surface area contributed by atoms with Gasteiger partial charge in [-0.2, -0.15) is 0 Å². The van der Waals surface area contributed by atoms with E-state index in [1.165, 1.54) is 19.1 Å². The van der Waals surface area contributed by atoms with Crippen molar-refractivity contribution in [2.75, 3.05) is 34.4 Å². The number of benzene rings is 1. The third-order valence-corrected chi connectivity index (χ3v) is 6.54. The Balaban J connectivity index is 0.00000306. The predicted molar refractivity (Wildman–Crippen MR) is 132 cm³/mol. The van der Waals surface area contributed by atoms with Crippen LogP contribution in [0.3, 0.4) is 0 Å². The van der Waals surface area contributed by atoms with Gasteiger partial charge in [-0.25, -0.2) is 4.79 Å². The maximum Gasteiger partial charge on any atom is 0.341 e. The van der Waals surface area contributed by atoms with Gasteiger partial charge in [0.05, 0.1) is 26.1 Å². The predicted octanol–water partition coefficient (Wildman–Crippen LogP) is 1.57. The molecule has 2 N–H and O–H groups in total. The van der Waals surface area contributed by atoms with Crippen LogP contribution in [-0.2, 0) is 20.9 Å². The van der Waals surface area contributed by atoms with Gasteiger partial charge in [0.2, 0.25) is 11.8 Å². The third kappa shape index (κ3) is 4.71. The SMILES string of the molecule is CN=C(NCCN1C(=O)C2C3C=CC(C3)C2C1=O)NCc1ccc(C(=O)OC)c(OC)c1.I. The van der Waals surface area contributed by atoms with E-state index in [9.17, 15) is 14.4 Å². The minimum absolute atomic E-state index is 0. The van der Waals surface area contributed by atoms with Crippen LogP contribution >= 0.6 is 24.0 Å². The number of carbonyl (C=O) groups is 3. The summed E-state index contributed by atoms with van der Waals surface area (Å²) >= 11 is 0. The molecule has 3 aliphatic rings. The number of amides is 2. The molecule has 2 fully saturated rings. The van der Waals surface area contributed by atoms with E-state index in [1.807, 2.05) is 0 Å². The Kier molecular flexibility index (Phi) is 7.98. The lowest BCUT2D eigenvalue weighted by Crippen LogP contribution is -2.43. The average Bonchev–Trinajstić information content (AvgIpc) is 3.50. The zero-order valence-electron chi connectivity index (χ0n) is 18.9. The zero-order valence-corrected chi connectivity index (χ0v) is 21.2. The zero-order chi connectivity index (χ0) is 22.8. The van der Waals surface area contributed by atoms with Crippen LogP contribution in [0, 0.1) is 23.7 Å². The van der Waals surface area contributed by atoms with E-state index >= 15 is 0 Å². The monoisotopic (exact) mass is 568 g/mol. The largest absolute Gasteiger partial charge is 0.496 e. The van der Waals surface area contributed by atoms with Crippen LogP contribution in [-0.4, -0.2) is 63.0 Å². The number of carbonyl (C=O) groups excluding carboxylic acids is 3. The van der Waals surface area contributed by atoms with Crippen LogP contribution in [0.25, 0.3) is 0 Å². The van der Waals surface area contributed by atoms with Crippen molar-refractivity contribution in [3.8, 4) is 5.75 Å². The summed E-state index contributed by atoms with van der Waals surface area (Å²) in [7, 11) is 4.47. The molecule has 0 aromatic heterocycles. The van der Waals surface area contributed by atoms with E-state index in [1.54, 1.807) is 25.2 Å². The lowest BCUT2D eigenvalue weighted by atomic mass is 9.85. The molecular formula is C23H29IN4O5. The Hall–Kier alpha value is -2.63. The third-order valence-electron chi connectivity index (χ3n) is 6.54. The molecular weight excluding hydrogens is 539 g/mol. The fourth-order valence-corrected chi connectivity index (χ4v) is 5.00. The fraction of sp³-hybridized carbons (Fsp3) is 0.478. The number of esters is 1. The van der Waals surface area contributed by atoms with E-state index in [2.05, 4.69) is 27.8 Å². The van der Waals surface area contributed by atoms with E-state index < -0.39 is 5.97 Å². The number of hydrogen-bond donors (Lipinski definition) is 2. The van der Waals surface area contributed by atoms with Crippen LogP contribution in [0.15, 0.2) is 35.3 Å². The summed E-state index contributed by atoms with van der Waals surface area (Å²) in [6, 6.07) is 5.22. The second-order valence-corrected chi connectivity index (χ2v) is 8.21. The van der Waals surface area contributed by atoms with Gasteiger partial charge in [0.1, 0.15) is 11.3 Å². The number of halogens is 1. The van der Waals surface area contributed by atoms with E-state index in [0.717, 1.165) is 12.0 Å². The quantitative estimate of drug-likeness (QED) is 0.128. The first-order valence-corrected chi connectivity index (χ1v) is 10.7. The highest BCUT2D eigenvalue weighted by molar-refractivity contribution is 14.0. The van der Waals surface area contributed by atoms with Crippen molar-refractivity contribution >= 4 is 47.7 Å². The molecule has 2 amide bonds. The molecule has 33 heavy (non-hydrogen) atoms. The van der Waals surface area contributed by atoms with Gasteiger partial charge in [-0.15, -0.1) is 24.0 Å². The highest BCUT2D eigenvalue weighted by Crippen LogP contribution is 2.52. The highest BCUT2D eigenvalue weighted by atomic mass is 127. The van der Waals surface area contributed by atoms with Crippen LogP contribution in [0.1, 0.15) is 22.3 Å². The second kappa shape index (κ2) is 10.5. The molecule has 0 spiro atoms. The molecule has 1 aromatic rings. The summed E-state index contributed by atoms with van der Waals surface area (Å²) in [6.45, 7) is 1.16. The summed E-state index contributed by atoms with van der Waals surface area (Å²) in [5, 5.41) is 6.33. The van der Waals surface area contributed by atoms with Gasteiger partial charge < -0.3 is 20.1 Å². The smallest absolute Gasteiger partial charge is 0.341 e. The van der Waals surface area contributed by atoms with Crippen molar-refractivity contribution in [2.24, 2.45) is 28.7 Å². The van der Waals surface area contributed by atoms with Gasteiger partial charge in [0.15, 0.2) is 5.96 Å². The summed E-state index contributed by atoms with van der Waals surface area (Å²) in [4.78, 5) is 42.9. The first-order valence-electron chi connectivity index (χ1n) is 10.7. The highest BCUT2D eigenvalue weighted by Gasteiger charge is 2.58. The van der Waals surface area contributed by atoms with Crippen LogP contribution < -0.4 is 15.4 Å². The second-order valence-electron chi connectivity index (χ2n) is 8.21. The molecule has 1 aromatic carbocycles. The fourth-order valence-electron chi connectivity index (χ4n) is 5.00. The maximum atomic E-state index is 12.8. The number of nitrogens with one attached hydrogen (secondary N) is 2. The molecule has 178 valence electrons. The number of nitrogens with zero attached hydrogens (tertiary/aromatic N) is 2. The lowest BCUT2D eigenvalue weighted by Gasteiger charge is -2.19. The normalized spacial score (nSPS) is 25.1. The van der Waals surface area contributed by atoms with Crippen molar-refractivity contribution in [3.63, 3.8) is 0 Å². The number of ether oxygens (including phenoxy) is 2. The Morgan fingerprint density at radius 3 is 2.36 bits per heavy atom. The molecule has 4 unspecified atom stereocenters. The number of rotatable bonds is 7. The van der Waals surface area contributed by atoms with Crippen molar-refractivity contribution in [1.82, 2.24) is 15.5 Å². The van der Waals surface area contributed by atoms with E-state index in [4.69, 9.17) is 9.47 Å². The molecule has 1 heterocycles. The van der Waals surface area contributed by atoms with Crippen molar-refractivity contribution < 1.29 is 23.9 Å². The van der Waals surface area contributed by atoms with Gasteiger partial charge in [-0.1, -0.05) is 18.2 Å². The molecule has 1 saturated carbocycles. The average molecular weight is 568 g/mol. The number of hydrogen-bond acceptors (Lipinski definition) is 6. The van der Waals surface area contributed by atoms with Gasteiger partial charge >= 0.3 is 5.97 Å². The summed E-state index contributed by atoms with van der Waals surface area (Å²) in [5.74, 6) is 0.529. The molecule has 0 radical (unpaired) electrons. The summed E-state index contributed by atoms with van der Waals surface area (Å²) < 4.78 is 10.0. The number of allylic oxidation sites excluding steroid dienone is 2. The summed E-state index contributed by atoms with van der Waals surface area (Å²) in [6.07, 6.45) is 5.12. The van der Waals surface area contributed by atoms with Crippen molar-refractivity contribution in [1.29, 1.82) is 0 Å². The first kappa shape index (κ1) is 25.0. The molecule has 4 rings (SSSR count). The molecule has 2 bridgehead atoms.